The summed E-state index contributed by atoms with van der Waals surface area (Å²) < 4.78 is 48.7. The molecule has 0 aliphatic heterocycles. The van der Waals surface area contributed by atoms with E-state index in [4.69, 9.17) is 0 Å². The fourth-order valence-electron chi connectivity index (χ4n) is 2.35. The molecule has 140 valence electrons. The molecule has 0 aliphatic rings. The molecule has 7 nitrogen and oxygen atoms in total. The van der Waals surface area contributed by atoms with Gasteiger partial charge in [0.1, 0.15) is 10.7 Å². The third-order valence-electron chi connectivity index (χ3n) is 3.59. The minimum Gasteiger partial charge on any atom is -0.465 e. The lowest BCUT2D eigenvalue weighted by molar-refractivity contribution is 0.0600. The monoisotopic (exact) mass is 453 g/mol. The van der Waals surface area contributed by atoms with Crippen molar-refractivity contribution in [2.45, 2.75) is 4.90 Å². The minimum atomic E-state index is -4.32. The lowest BCUT2D eigenvalue weighted by Crippen LogP contribution is -2.17. The van der Waals surface area contributed by atoms with E-state index in [9.17, 15) is 17.6 Å². The van der Waals surface area contributed by atoms with Crippen LogP contribution in [-0.2, 0) is 14.8 Å². The lowest BCUT2D eigenvalue weighted by Gasteiger charge is -2.13. The van der Waals surface area contributed by atoms with Crippen molar-refractivity contribution >= 4 is 37.6 Å². The first-order valence-electron chi connectivity index (χ1n) is 7.52. The van der Waals surface area contributed by atoms with Crippen LogP contribution >= 0.6 is 15.9 Å². The second-order valence-electron chi connectivity index (χ2n) is 5.36. The number of benzene rings is 2. The first-order chi connectivity index (χ1) is 12.8. The van der Waals surface area contributed by atoms with Gasteiger partial charge >= 0.3 is 5.97 Å². The van der Waals surface area contributed by atoms with Crippen molar-refractivity contribution in [2.75, 3.05) is 11.8 Å². The molecule has 0 spiro atoms. The highest BCUT2D eigenvalue weighted by atomic mass is 79.9. The van der Waals surface area contributed by atoms with E-state index < -0.39 is 26.7 Å². The molecule has 0 aliphatic carbocycles. The molecule has 0 bridgehead atoms. The molecular weight excluding hydrogens is 441 g/mol. The third kappa shape index (κ3) is 4.01. The van der Waals surface area contributed by atoms with Gasteiger partial charge in [-0.3, -0.25) is 4.72 Å². The normalized spacial score (nSPS) is 11.2. The Morgan fingerprint density at radius 3 is 2.67 bits per heavy atom. The van der Waals surface area contributed by atoms with Crippen LogP contribution in [0.2, 0.25) is 0 Å². The Hall–Kier alpha value is -2.72. The van der Waals surface area contributed by atoms with Crippen molar-refractivity contribution in [1.29, 1.82) is 0 Å². The number of hydrogen-bond acceptors (Lipinski definition) is 5. The number of esters is 1. The molecule has 0 radical (unpaired) electrons. The van der Waals surface area contributed by atoms with Gasteiger partial charge in [0.05, 0.1) is 34.7 Å². The molecule has 0 unspecified atom stereocenters. The van der Waals surface area contributed by atoms with E-state index >= 15 is 0 Å². The topological polar surface area (TPSA) is 90.3 Å². The Morgan fingerprint density at radius 2 is 2.00 bits per heavy atom. The summed E-state index contributed by atoms with van der Waals surface area (Å²) in [7, 11) is -3.17. The number of aromatic nitrogens is 2. The van der Waals surface area contributed by atoms with Crippen LogP contribution in [0.4, 0.5) is 10.1 Å². The van der Waals surface area contributed by atoms with Gasteiger partial charge in [-0.05, 0) is 46.3 Å². The highest BCUT2D eigenvalue weighted by Gasteiger charge is 2.23. The number of ether oxygens (including phenoxy) is 1. The number of carbonyl (C=O) groups is 1. The summed E-state index contributed by atoms with van der Waals surface area (Å²) >= 11 is 3.27. The summed E-state index contributed by atoms with van der Waals surface area (Å²) in [6.45, 7) is 0. The molecule has 0 fully saturated rings. The zero-order valence-electron chi connectivity index (χ0n) is 13.9. The Balaban J connectivity index is 2.03. The molecule has 27 heavy (non-hydrogen) atoms. The molecule has 1 aromatic heterocycles. The van der Waals surface area contributed by atoms with Crippen LogP contribution in [0.15, 0.2) is 64.2 Å². The van der Waals surface area contributed by atoms with E-state index in [2.05, 4.69) is 30.5 Å². The van der Waals surface area contributed by atoms with Crippen molar-refractivity contribution in [3.05, 3.63) is 70.7 Å². The number of rotatable bonds is 5. The average molecular weight is 454 g/mol. The number of anilines is 1. The maximum atomic E-state index is 14.2. The Morgan fingerprint density at radius 1 is 1.26 bits per heavy atom. The minimum absolute atomic E-state index is 0.0800. The van der Waals surface area contributed by atoms with Gasteiger partial charge in [-0.15, -0.1) is 0 Å². The number of halogens is 2. The predicted octanol–water partition coefficient (Wildman–Crippen LogP) is 3.36. The molecule has 0 amide bonds. The van der Waals surface area contributed by atoms with Crippen molar-refractivity contribution in [3.63, 3.8) is 0 Å². The lowest BCUT2D eigenvalue weighted by atomic mass is 10.2. The molecular formula is C17H13BrFN3O4S. The smallest absolute Gasteiger partial charge is 0.337 e. The van der Waals surface area contributed by atoms with Gasteiger partial charge in [-0.1, -0.05) is 12.1 Å². The van der Waals surface area contributed by atoms with Crippen LogP contribution in [0.5, 0.6) is 0 Å². The first-order valence-corrected chi connectivity index (χ1v) is 9.79. The van der Waals surface area contributed by atoms with E-state index in [1.165, 1.54) is 10.7 Å². The van der Waals surface area contributed by atoms with Gasteiger partial charge in [0, 0.05) is 6.20 Å². The SMILES string of the molecule is COC(=O)c1ccc(F)c(S(=O)(=O)Nc2ccccc2-n2cc(Br)cn2)c1. The number of sulfonamides is 1. The highest BCUT2D eigenvalue weighted by Crippen LogP contribution is 2.25. The second kappa shape index (κ2) is 7.49. The molecule has 3 aromatic rings. The maximum absolute atomic E-state index is 14.2. The first kappa shape index (κ1) is 19.1. The van der Waals surface area contributed by atoms with E-state index in [1.54, 1.807) is 30.6 Å². The van der Waals surface area contributed by atoms with E-state index in [-0.39, 0.29) is 11.3 Å². The summed E-state index contributed by atoms with van der Waals surface area (Å²) in [6.07, 6.45) is 3.19. The van der Waals surface area contributed by atoms with Gasteiger partial charge in [-0.25, -0.2) is 22.3 Å². The number of methoxy groups -OCH3 is 1. The number of para-hydroxylation sites is 2. The Kier molecular flexibility index (Phi) is 5.29. The second-order valence-corrected chi connectivity index (χ2v) is 7.93. The van der Waals surface area contributed by atoms with Crippen molar-refractivity contribution in [1.82, 2.24) is 9.78 Å². The standard InChI is InChI=1S/C17H13BrFN3O4S/c1-26-17(23)11-6-7-13(19)16(8-11)27(24,25)21-14-4-2-3-5-15(14)22-10-12(18)9-20-22/h2-10,21H,1H3. The van der Waals surface area contributed by atoms with Crippen molar-refractivity contribution < 1.29 is 22.3 Å². The third-order valence-corrected chi connectivity index (χ3v) is 5.38. The zero-order chi connectivity index (χ0) is 19.6. The van der Waals surface area contributed by atoms with Crippen molar-refractivity contribution in [2.24, 2.45) is 0 Å². The van der Waals surface area contributed by atoms with Gasteiger partial charge in [0.15, 0.2) is 0 Å². The molecule has 10 heteroatoms. The van der Waals surface area contributed by atoms with Gasteiger partial charge < -0.3 is 4.74 Å². The van der Waals surface area contributed by atoms with Gasteiger partial charge in [0.2, 0.25) is 0 Å². The molecule has 0 saturated heterocycles. The summed E-state index contributed by atoms with van der Waals surface area (Å²) in [5.41, 5.74) is 0.552. The number of nitrogens with zero attached hydrogens (tertiary/aromatic N) is 2. The maximum Gasteiger partial charge on any atom is 0.337 e. The van der Waals surface area contributed by atoms with Crippen molar-refractivity contribution in [3.8, 4) is 5.69 Å². The highest BCUT2D eigenvalue weighted by molar-refractivity contribution is 9.10. The fourth-order valence-corrected chi connectivity index (χ4v) is 3.81. The molecule has 0 saturated carbocycles. The fraction of sp³-hybridized carbons (Fsp3) is 0.0588. The predicted molar refractivity (Wildman–Crippen MR) is 99.8 cm³/mol. The van der Waals surface area contributed by atoms with Gasteiger partial charge in [-0.2, -0.15) is 5.10 Å². The Labute approximate surface area is 163 Å². The Bertz CT molecular complexity index is 1110. The van der Waals surface area contributed by atoms with Crippen LogP contribution in [0, 0.1) is 5.82 Å². The van der Waals surface area contributed by atoms with Gasteiger partial charge in [0.25, 0.3) is 10.0 Å². The van der Waals surface area contributed by atoms with Crippen LogP contribution < -0.4 is 4.72 Å². The molecule has 1 heterocycles. The molecule has 3 rings (SSSR count). The quantitative estimate of drug-likeness (QED) is 0.598. The van der Waals surface area contributed by atoms with Crippen LogP contribution in [0.3, 0.4) is 0 Å². The number of nitrogens with one attached hydrogen (secondary N) is 1. The van der Waals surface area contributed by atoms with Crippen LogP contribution in [-0.4, -0.2) is 31.3 Å². The molecule has 1 N–H and O–H groups in total. The summed E-state index contributed by atoms with van der Waals surface area (Å²) in [5, 5.41) is 4.12. The summed E-state index contributed by atoms with van der Waals surface area (Å²) in [5.74, 6) is -1.76. The largest absolute Gasteiger partial charge is 0.465 e. The van der Waals surface area contributed by atoms with Crippen LogP contribution in [0.25, 0.3) is 5.69 Å². The summed E-state index contributed by atoms with van der Waals surface area (Å²) in [6, 6.07) is 9.48. The van der Waals surface area contributed by atoms with E-state index in [0.717, 1.165) is 25.3 Å². The average Bonchev–Trinajstić information content (AvgIpc) is 3.07. The van der Waals surface area contributed by atoms with E-state index in [1.807, 2.05) is 0 Å². The van der Waals surface area contributed by atoms with Crippen LogP contribution in [0.1, 0.15) is 10.4 Å². The van der Waals surface area contributed by atoms with E-state index in [0.29, 0.717) is 10.2 Å². The number of carbonyl (C=O) groups excluding carboxylic acids is 1. The molecule has 0 atom stereocenters. The zero-order valence-corrected chi connectivity index (χ0v) is 16.3. The summed E-state index contributed by atoms with van der Waals surface area (Å²) in [4.78, 5) is 11.0. The number of hydrogen-bond donors (Lipinski definition) is 1. The molecule has 2 aromatic carbocycles.